The van der Waals surface area contributed by atoms with Crippen molar-refractivity contribution in [3.8, 4) is 0 Å². The molecule has 2 N–H and O–H groups in total. The number of rotatable bonds is 3. The molecule has 0 radical (unpaired) electrons. The molecule has 1 unspecified atom stereocenters. The molecule has 1 aromatic heterocycles. The van der Waals surface area contributed by atoms with Crippen LogP contribution in [0.4, 0.5) is 4.39 Å². The fraction of sp³-hybridized carbons (Fsp3) is 0.444. The number of hydrogen-bond acceptors (Lipinski definition) is 3. The molecule has 1 aromatic rings. The molecule has 1 heterocycles. The highest BCUT2D eigenvalue weighted by Gasteiger charge is 2.07. The molecule has 3 nitrogen and oxygen atoms in total. The van der Waals surface area contributed by atoms with Gasteiger partial charge in [-0.1, -0.05) is 0 Å². The highest BCUT2D eigenvalue weighted by atomic mass is 19.1. The monoisotopic (exact) mass is 183 g/mol. The van der Waals surface area contributed by atoms with Gasteiger partial charge >= 0.3 is 0 Å². The van der Waals surface area contributed by atoms with E-state index < -0.39 is 0 Å². The summed E-state index contributed by atoms with van der Waals surface area (Å²) in [4.78, 5) is 5.69. The highest BCUT2D eigenvalue weighted by Crippen LogP contribution is 2.10. The zero-order valence-electron chi connectivity index (χ0n) is 7.87. The van der Waals surface area contributed by atoms with E-state index in [4.69, 9.17) is 5.73 Å². The van der Waals surface area contributed by atoms with E-state index in [0.717, 1.165) is 5.56 Å². The Morgan fingerprint density at radius 2 is 2.23 bits per heavy atom. The minimum absolute atomic E-state index is 0.182. The van der Waals surface area contributed by atoms with Gasteiger partial charge in [-0.05, 0) is 25.7 Å². The Labute approximate surface area is 77.4 Å². The predicted molar refractivity (Wildman–Crippen MR) is 49.7 cm³/mol. The second kappa shape index (κ2) is 4.30. The Morgan fingerprint density at radius 3 is 2.77 bits per heavy atom. The summed E-state index contributed by atoms with van der Waals surface area (Å²) in [5.41, 5.74) is 6.55. The Balaban J connectivity index is 2.71. The summed E-state index contributed by atoms with van der Waals surface area (Å²) in [6, 6.07) is 1.24. The molecule has 0 bridgehead atoms. The second-order valence-electron chi connectivity index (χ2n) is 3.31. The van der Waals surface area contributed by atoms with Crippen LogP contribution in [0, 0.1) is 5.82 Å². The number of nitrogens with zero attached hydrogens (tertiary/aromatic N) is 2. The zero-order valence-corrected chi connectivity index (χ0v) is 7.87. The molecule has 0 fully saturated rings. The van der Waals surface area contributed by atoms with Crippen LogP contribution in [-0.4, -0.2) is 30.5 Å². The average molecular weight is 183 g/mol. The normalized spacial score (nSPS) is 13.3. The van der Waals surface area contributed by atoms with Crippen molar-refractivity contribution in [3.05, 3.63) is 29.8 Å². The van der Waals surface area contributed by atoms with Crippen LogP contribution < -0.4 is 5.73 Å². The number of pyridine rings is 1. The Bertz CT molecular complexity index is 275. The summed E-state index contributed by atoms with van der Waals surface area (Å²) in [6.45, 7) is 0.686. The van der Waals surface area contributed by atoms with Gasteiger partial charge in [-0.3, -0.25) is 4.98 Å². The van der Waals surface area contributed by atoms with Gasteiger partial charge in [0.15, 0.2) is 0 Å². The summed E-state index contributed by atoms with van der Waals surface area (Å²) in [5, 5.41) is 0. The molecule has 0 aliphatic heterocycles. The van der Waals surface area contributed by atoms with Crippen molar-refractivity contribution in [2.24, 2.45) is 5.73 Å². The SMILES string of the molecule is CN(C)CC(N)c1cncc(F)c1. The Morgan fingerprint density at radius 1 is 1.54 bits per heavy atom. The molecular weight excluding hydrogens is 169 g/mol. The molecule has 4 heteroatoms. The van der Waals surface area contributed by atoms with Gasteiger partial charge in [-0.2, -0.15) is 0 Å². The Hall–Kier alpha value is -1.00. The first-order valence-corrected chi connectivity index (χ1v) is 4.10. The van der Waals surface area contributed by atoms with Crippen LogP contribution >= 0.6 is 0 Å². The van der Waals surface area contributed by atoms with Crippen LogP contribution in [0.15, 0.2) is 18.5 Å². The summed E-state index contributed by atoms with van der Waals surface area (Å²) >= 11 is 0. The summed E-state index contributed by atoms with van der Waals surface area (Å²) < 4.78 is 12.7. The minimum Gasteiger partial charge on any atom is -0.323 e. The average Bonchev–Trinajstić information content (AvgIpc) is 2.03. The molecule has 0 spiro atoms. The lowest BCUT2D eigenvalue weighted by atomic mass is 10.1. The zero-order chi connectivity index (χ0) is 9.84. The van der Waals surface area contributed by atoms with Crippen LogP contribution in [0.5, 0.6) is 0 Å². The van der Waals surface area contributed by atoms with Crippen molar-refractivity contribution in [3.63, 3.8) is 0 Å². The number of hydrogen-bond donors (Lipinski definition) is 1. The van der Waals surface area contributed by atoms with Gasteiger partial charge in [0.1, 0.15) is 5.82 Å². The van der Waals surface area contributed by atoms with Gasteiger partial charge < -0.3 is 10.6 Å². The summed E-state index contributed by atoms with van der Waals surface area (Å²) in [6.07, 6.45) is 2.77. The maximum Gasteiger partial charge on any atom is 0.141 e. The second-order valence-corrected chi connectivity index (χ2v) is 3.31. The number of likely N-dealkylation sites (N-methyl/N-ethyl adjacent to an activating group) is 1. The lowest BCUT2D eigenvalue weighted by molar-refractivity contribution is 0.376. The van der Waals surface area contributed by atoms with Crippen molar-refractivity contribution in [2.75, 3.05) is 20.6 Å². The number of aromatic nitrogens is 1. The predicted octanol–water partition coefficient (Wildman–Crippen LogP) is 0.782. The van der Waals surface area contributed by atoms with Gasteiger partial charge in [-0.15, -0.1) is 0 Å². The van der Waals surface area contributed by atoms with Gasteiger partial charge in [0, 0.05) is 18.8 Å². The first kappa shape index (κ1) is 10.1. The van der Waals surface area contributed by atoms with E-state index in [1.807, 2.05) is 19.0 Å². The largest absolute Gasteiger partial charge is 0.323 e. The smallest absolute Gasteiger partial charge is 0.141 e. The van der Waals surface area contributed by atoms with Gasteiger partial charge in [0.2, 0.25) is 0 Å². The molecule has 0 saturated heterocycles. The molecule has 0 amide bonds. The summed E-state index contributed by atoms with van der Waals surface area (Å²) in [5.74, 6) is -0.341. The summed E-state index contributed by atoms with van der Waals surface area (Å²) in [7, 11) is 3.85. The molecule has 0 saturated carbocycles. The van der Waals surface area contributed by atoms with E-state index >= 15 is 0 Å². The van der Waals surface area contributed by atoms with Crippen molar-refractivity contribution in [1.29, 1.82) is 0 Å². The molecule has 1 atom stereocenters. The first-order chi connectivity index (χ1) is 6.09. The maximum atomic E-state index is 12.7. The van der Waals surface area contributed by atoms with Crippen LogP contribution in [0.3, 0.4) is 0 Å². The van der Waals surface area contributed by atoms with E-state index in [-0.39, 0.29) is 11.9 Å². The van der Waals surface area contributed by atoms with E-state index in [1.54, 1.807) is 6.20 Å². The van der Waals surface area contributed by atoms with Crippen molar-refractivity contribution < 1.29 is 4.39 Å². The number of nitrogens with two attached hydrogens (primary N) is 1. The topological polar surface area (TPSA) is 42.1 Å². The molecular formula is C9H14FN3. The van der Waals surface area contributed by atoms with E-state index in [1.165, 1.54) is 12.3 Å². The van der Waals surface area contributed by atoms with Gasteiger partial charge in [0.25, 0.3) is 0 Å². The van der Waals surface area contributed by atoms with Crippen LogP contribution in [-0.2, 0) is 0 Å². The van der Waals surface area contributed by atoms with Gasteiger partial charge in [-0.25, -0.2) is 4.39 Å². The lowest BCUT2D eigenvalue weighted by Gasteiger charge is -2.16. The molecule has 0 aliphatic rings. The first-order valence-electron chi connectivity index (χ1n) is 4.10. The quantitative estimate of drug-likeness (QED) is 0.753. The molecule has 0 aromatic carbocycles. The molecule has 13 heavy (non-hydrogen) atoms. The minimum atomic E-state index is -0.341. The van der Waals surface area contributed by atoms with Crippen molar-refractivity contribution in [1.82, 2.24) is 9.88 Å². The van der Waals surface area contributed by atoms with E-state index in [2.05, 4.69) is 4.98 Å². The van der Waals surface area contributed by atoms with Crippen LogP contribution in [0.1, 0.15) is 11.6 Å². The third-order valence-electron chi connectivity index (χ3n) is 1.72. The van der Waals surface area contributed by atoms with Crippen molar-refractivity contribution in [2.45, 2.75) is 6.04 Å². The lowest BCUT2D eigenvalue weighted by Crippen LogP contribution is -2.26. The molecule has 0 aliphatic carbocycles. The van der Waals surface area contributed by atoms with Crippen molar-refractivity contribution >= 4 is 0 Å². The molecule has 1 rings (SSSR count). The van der Waals surface area contributed by atoms with Gasteiger partial charge in [0.05, 0.1) is 6.20 Å². The standard InChI is InChI=1S/C9H14FN3/c1-13(2)6-9(11)7-3-8(10)5-12-4-7/h3-5,9H,6,11H2,1-2H3. The van der Waals surface area contributed by atoms with E-state index in [0.29, 0.717) is 6.54 Å². The maximum absolute atomic E-state index is 12.7. The fourth-order valence-electron chi connectivity index (χ4n) is 1.13. The highest BCUT2D eigenvalue weighted by molar-refractivity contribution is 5.14. The molecule has 72 valence electrons. The van der Waals surface area contributed by atoms with Crippen LogP contribution in [0.25, 0.3) is 0 Å². The fourth-order valence-corrected chi connectivity index (χ4v) is 1.13. The third-order valence-corrected chi connectivity index (χ3v) is 1.72. The third kappa shape index (κ3) is 3.08. The Kier molecular flexibility index (Phi) is 3.33. The van der Waals surface area contributed by atoms with E-state index in [9.17, 15) is 4.39 Å². The van der Waals surface area contributed by atoms with Crippen LogP contribution in [0.2, 0.25) is 0 Å². The number of halogens is 1.